The number of allylic oxidation sites excluding steroid dienone is 1. The fourth-order valence-electron chi connectivity index (χ4n) is 4.27. The summed E-state index contributed by atoms with van der Waals surface area (Å²) in [5, 5.41) is 10.4. The zero-order chi connectivity index (χ0) is 21.6. The van der Waals surface area contributed by atoms with E-state index < -0.39 is 11.2 Å². The second-order valence-corrected chi connectivity index (χ2v) is 8.54. The van der Waals surface area contributed by atoms with Gasteiger partial charge in [0.2, 0.25) is 0 Å². The van der Waals surface area contributed by atoms with Crippen LogP contribution in [-0.4, -0.2) is 22.8 Å². The minimum Gasteiger partial charge on any atom is -0.508 e. The molecule has 0 fully saturated rings. The average molecular weight is 410 g/mol. The third kappa shape index (κ3) is 3.51. The molecule has 0 bridgehead atoms. The number of benzene rings is 1. The Balaban J connectivity index is 1.49. The molecular formula is C24H26O6. The molecule has 158 valence electrons. The first kappa shape index (κ1) is 20.3. The number of phenolic OH excluding ortho intramolecular Hbond substituents is 1. The molecule has 2 aliphatic heterocycles. The zero-order valence-corrected chi connectivity index (χ0v) is 17.7. The summed E-state index contributed by atoms with van der Waals surface area (Å²) >= 11 is 0. The Labute approximate surface area is 174 Å². The Bertz CT molecular complexity index is 1140. The highest BCUT2D eigenvalue weighted by Gasteiger charge is 2.44. The van der Waals surface area contributed by atoms with Gasteiger partial charge in [-0.05, 0) is 51.8 Å². The molecule has 0 amide bonds. The van der Waals surface area contributed by atoms with Crippen molar-refractivity contribution in [2.75, 3.05) is 0 Å². The molecule has 3 atom stereocenters. The number of ether oxygens (including phenoxy) is 2. The number of cyclic esters (lactones) is 1. The van der Waals surface area contributed by atoms with Crippen LogP contribution in [0.4, 0.5) is 0 Å². The first-order valence-corrected chi connectivity index (χ1v) is 10.2. The molecule has 0 spiro atoms. The Morgan fingerprint density at radius 3 is 2.77 bits per heavy atom. The van der Waals surface area contributed by atoms with Gasteiger partial charge >= 0.3 is 11.6 Å². The Kier molecular flexibility index (Phi) is 4.96. The van der Waals surface area contributed by atoms with Gasteiger partial charge in [-0.1, -0.05) is 18.6 Å². The molecule has 0 saturated heterocycles. The molecule has 1 N–H and O–H groups in total. The number of phenols is 1. The van der Waals surface area contributed by atoms with Gasteiger partial charge in [0.1, 0.15) is 28.8 Å². The number of hydrogen-bond donors (Lipinski definition) is 1. The molecule has 0 saturated carbocycles. The van der Waals surface area contributed by atoms with E-state index >= 15 is 0 Å². The summed E-state index contributed by atoms with van der Waals surface area (Å²) in [6, 6.07) is 4.70. The number of rotatable bonds is 5. The van der Waals surface area contributed by atoms with E-state index in [1.54, 1.807) is 19.1 Å². The second-order valence-electron chi connectivity index (χ2n) is 8.54. The minimum absolute atomic E-state index is 0.0398. The molecule has 1 aromatic carbocycles. The molecule has 6 heteroatoms. The van der Waals surface area contributed by atoms with Gasteiger partial charge in [0.15, 0.2) is 0 Å². The topological polar surface area (TPSA) is 86.0 Å². The predicted octanol–water partition coefficient (Wildman–Crippen LogP) is 4.74. The molecule has 2 aromatic rings. The molecule has 0 radical (unpaired) electrons. The van der Waals surface area contributed by atoms with Gasteiger partial charge in [-0.2, -0.15) is 0 Å². The van der Waals surface area contributed by atoms with Crippen molar-refractivity contribution in [1.29, 1.82) is 0 Å². The third-order valence-electron chi connectivity index (χ3n) is 6.23. The monoisotopic (exact) mass is 410 g/mol. The van der Waals surface area contributed by atoms with Crippen molar-refractivity contribution in [3.63, 3.8) is 0 Å². The van der Waals surface area contributed by atoms with Crippen molar-refractivity contribution in [2.45, 2.75) is 64.6 Å². The number of aromatic hydroxyl groups is 1. The fourth-order valence-corrected chi connectivity index (χ4v) is 4.27. The van der Waals surface area contributed by atoms with Crippen LogP contribution in [0.25, 0.3) is 11.0 Å². The maximum Gasteiger partial charge on any atom is 0.343 e. The fraction of sp³-hybridized carbons (Fsp3) is 0.417. The molecule has 2 aliphatic rings. The van der Waals surface area contributed by atoms with Gasteiger partial charge in [-0.15, -0.1) is 0 Å². The van der Waals surface area contributed by atoms with E-state index in [1.807, 2.05) is 26.8 Å². The van der Waals surface area contributed by atoms with Crippen LogP contribution in [0.1, 0.15) is 58.4 Å². The van der Waals surface area contributed by atoms with Gasteiger partial charge in [-0.3, -0.25) is 0 Å². The number of fused-ring (bicyclic) bond motifs is 3. The normalized spacial score (nSPS) is 25.8. The largest absolute Gasteiger partial charge is 0.508 e. The quantitative estimate of drug-likeness (QED) is 0.435. The third-order valence-corrected chi connectivity index (χ3v) is 6.23. The summed E-state index contributed by atoms with van der Waals surface area (Å²) < 4.78 is 17.1. The highest BCUT2D eigenvalue weighted by Crippen LogP contribution is 2.48. The number of carbonyl (C=O) groups excluding carboxylic acids is 1. The van der Waals surface area contributed by atoms with Crippen molar-refractivity contribution >= 4 is 16.9 Å². The summed E-state index contributed by atoms with van der Waals surface area (Å²) in [5.74, 6) is 0.219. The lowest BCUT2D eigenvalue weighted by molar-refractivity contribution is -0.139. The predicted molar refractivity (Wildman–Crippen MR) is 113 cm³/mol. The van der Waals surface area contributed by atoms with Crippen molar-refractivity contribution in [1.82, 2.24) is 0 Å². The van der Waals surface area contributed by atoms with E-state index in [9.17, 15) is 14.7 Å². The molecule has 4 rings (SSSR count). The lowest BCUT2D eigenvalue weighted by Gasteiger charge is -2.28. The zero-order valence-electron chi connectivity index (χ0n) is 17.7. The highest BCUT2D eigenvalue weighted by molar-refractivity contribution is 5.90. The van der Waals surface area contributed by atoms with Gasteiger partial charge in [0.05, 0.1) is 10.9 Å². The van der Waals surface area contributed by atoms with Crippen LogP contribution < -0.4 is 10.4 Å². The smallest absolute Gasteiger partial charge is 0.343 e. The van der Waals surface area contributed by atoms with Crippen LogP contribution in [-0.2, 0) is 9.53 Å². The summed E-state index contributed by atoms with van der Waals surface area (Å²) in [6.45, 7) is 7.79. The van der Waals surface area contributed by atoms with E-state index in [-0.39, 0.29) is 23.7 Å². The average Bonchev–Trinajstić information content (AvgIpc) is 3.11. The summed E-state index contributed by atoms with van der Waals surface area (Å²) in [5.41, 5.74) is 1.71. The molecule has 0 unspecified atom stereocenters. The number of hydrogen-bond acceptors (Lipinski definition) is 6. The van der Waals surface area contributed by atoms with Crippen LogP contribution in [0, 0.1) is 0 Å². The second kappa shape index (κ2) is 7.35. The maximum absolute atomic E-state index is 12.6. The van der Waals surface area contributed by atoms with Gasteiger partial charge in [0.25, 0.3) is 0 Å². The van der Waals surface area contributed by atoms with Crippen LogP contribution in [0.3, 0.4) is 0 Å². The summed E-state index contributed by atoms with van der Waals surface area (Å²) in [6.07, 6.45) is 5.98. The number of esters is 1. The Hall–Kier alpha value is -3.02. The van der Waals surface area contributed by atoms with E-state index in [2.05, 4.69) is 6.08 Å². The lowest BCUT2D eigenvalue weighted by Crippen LogP contribution is -2.33. The SMILES string of the molecule is CC1=C[C@@H](C/C(C)=C/CC[C@@]2(C)Oc3c(c(=O)oc4cc(O)ccc34)[C@H]2C)OC1=O. The van der Waals surface area contributed by atoms with Crippen LogP contribution in [0.5, 0.6) is 11.5 Å². The molecular weight excluding hydrogens is 384 g/mol. The van der Waals surface area contributed by atoms with E-state index in [0.717, 1.165) is 18.4 Å². The van der Waals surface area contributed by atoms with Gasteiger partial charge in [-0.25, -0.2) is 9.59 Å². The molecule has 30 heavy (non-hydrogen) atoms. The molecule has 0 aliphatic carbocycles. The van der Waals surface area contributed by atoms with Crippen molar-refractivity contribution in [3.05, 3.63) is 57.5 Å². The standard InChI is InChI=1S/C24H26O6/c1-13(10-17-11-14(2)22(26)28-17)6-5-9-24(4)15(3)20-21(30-24)18-8-7-16(25)12-19(18)29-23(20)27/h6-8,11-12,15,17,25H,5,9-10H2,1-4H3/b13-6+/t15-,17-,24-/m1/s1. The summed E-state index contributed by atoms with van der Waals surface area (Å²) in [4.78, 5) is 24.1. The number of carbonyl (C=O) groups is 1. The Morgan fingerprint density at radius 1 is 1.30 bits per heavy atom. The van der Waals surface area contributed by atoms with Crippen molar-refractivity contribution in [3.8, 4) is 11.5 Å². The molecule has 6 nitrogen and oxygen atoms in total. The maximum atomic E-state index is 12.6. The van der Waals surface area contributed by atoms with Gasteiger partial charge < -0.3 is 19.0 Å². The van der Waals surface area contributed by atoms with E-state index in [1.165, 1.54) is 6.07 Å². The highest BCUT2D eigenvalue weighted by atomic mass is 16.5. The van der Waals surface area contributed by atoms with Gasteiger partial charge in [0, 0.05) is 24.0 Å². The van der Waals surface area contributed by atoms with Crippen LogP contribution in [0.2, 0.25) is 0 Å². The van der Waals surface area contributed by atoms with Crippen LogP contribution in [0.15, 0.2) is 50.7 Å². The Morgan fingerprint density at radius 2 is 2.07 bits per heavy atom. The molecule has 3 heterocycles. The molecule has 1 aromatic heterocycles. The minimum atomic E-state index is -0.545. The lowest BCUT2D eigenvalue weighted by atomic mass is 9.84. The first-order valence-electron chi connectivity index (χ1n) is 10.2. The van der Waals surface area contributed by atoms with Crippen LogP contribution >= 0.6 is 0 Å². The van der Waals surface area contributed by atoms with E-state index in [4.69, 9.17) is 13.9 Å². The van der Waals surface area contributed by atoms with E-state index in [0.29, 0.717) is 34.3 Å². The van der Waals surface area contributed by atoms with Crippen molar-refractivity contribution < 1.29 is 23.8 Å². The first-order chi connectivity index (χ1) is 14.2. The summed E-state index contributed by atoms with van der Waals surface area (Å²) in [7, 11) is 0. The van der Waals surface area contributed by atoms with Crippen molar-refractivity contribution in [2.24, 2.45) is 0 Å².